The summed E-state index contributed by atoms with van der Waals surface area (Å²) in [5.74, 6) is 0. The maximum atomic E-state index is 9.49. The fourth-order valence-corrected chi connectivity index (χ4v) is 0.200. The van der Waals surface area contributed by atoms with E-state index in [1.54, 1.807) is 0 Å². The summed E-state index contributed by atoms with van der Waals surface area (Å²) in [6, 6.07) is 0. The van der Waals surface area contributed by atoms with Crippen molar-refractivity contribution in [3.8, 4) is 0 Å². The van der Waals surface area contributed by atoms with Gasteiger partial charge in [0, 0.05) is 4.92 Å². The maximum Gasteiger partial charge on any atom is 1.00 e. The molecule has 0 amide bonds. The summed E-state index contributed by atoms with van der Waals surface area (Å²) < 4.78 is 0. The number of aliphatic hydroxyl groups is 1. The molecule has 0 fully saturated rings. The van der Waals surface area contributed by atoms with Crippen LogP contribution in [-0.4, -0.2) is 27.7 Å². The molecule has 0 aliphatic carbocycles. The van der Waals surface area contributed by atoms with Gasteiger partial charge in [0.15, 0.2) is 0 Å². The van der Waals surface area contributed by atoms with E-state index < -0.39 is 22.6 Å². The predicted octanol–water partition coefficient (Wildman–Crippen LogP) is -4.03. The third kappa shape index (κ3) is 5.89. The Bertz CT molecular complexity index is 142. The number of hydrogen-bond acceptors (Lipinski definition) is 5. The van der Waals surface area contributed by atoms with Crippen LogP contribution >= 0.6 is 0 Å². The Labute approximate surface area is 79.1 Å². The second-order valence-corrected chi connectivity index (χ2v) is 1.28. The van der Waals surface area contributed by atoms with Gasteiger partial charge in [-0.15, -0.1) is 0 Å². The molecule has 0 aliphatic rings. The Balaban J connectivity index is -0.000000320. The fraction of sp³-hybridized carbons (Fsp3) is 1.00. The van der Waals surface area contributed by atoms with Gasteiger partial charge in [-0.05, 0) is 0 Å². The molecule has 54 valence electrons. The van der Waals surface area contributed by atoms with Gasteiger partial charge in [0.1, 0.15) is 0 Å². The van der Waals surface area contributed by atoms with Gasteiger partial charge in [0.25, 0.3) is 6.54 Å². The van der Waals surface area contributed by atoms with Crippen LogP contribution in [0.25, 0.3) is 0 Å². The molecule has 0 bridgehead atoms. The van der Waals surface area contributed by atoms with Gasteiger partial charge in [0.2, 0.25) is 0 Å². The third-order valence-electron chi connectivity index (χ3n) is 0.556. The summed E-state index contributed by atoms with van der Waals surface area (Å²) in [6.45, 7) is -1.05. The summed E-state index contributed by atoms with van der Waals surface area (Å²) >= 11 is 0. The van der Waals surface area contributed by atoms with E-state index in [0.717, 1.165) is 0 Å². The number of nitrogens with zero attached hydrogens (tertiary/aromatic N) is 2. The first-order chi connectivity index (χ1) is 4.04. The first-order valence-corrected chi connectivity index (χ1v) is 1.97. The third-order valence-corrected chi connectivity index (χ3v) is 0.556. The second kappa shape index (κ2) is 5.54. The van der Waals surface area contributed by atoms with Crippen LogP contribution in [-0.2, 0) is 0 Å². The molecule has 8 heteroatoms. The Morgan fingerprint density at radius 2 is 1.90 bits per heavy atom. The van der Waals surface area contributed by atoms with E-state index in [2.05, 4.69) is 0 Å². The molecular formula is C2H5N2NaO5. The van der Waals surface area contributed by atoms with Gasteiger partial charge in [-0.3, -0.25) is 20.2 Å². The average Bonchev–Trinajstić information content (AvgIpc) is 1.63. The monoisotopic (exact) mass is 160 g/mol. The maximum absolute atomic E-state index is 9.49. The Hall–Kier alpha value is -0.240. The molecule has 7 nitrogen and oxygen atoms in total. The fourth-order valence-electron chi connectivity index (χ4n) is 0.200. The first kappa shape index (κ1) is 12.4. The SMILES string of the molecule is O=[N+]([O-])CC(O)[N+](=O)[O-].[H-].[Na+]. The van der Waals surface area contributed by atoms with E-state index in [1.807, 2.05) is 0 Å². The number of rotatable bonds is 3. The van der Waals surface area contributed by atoms with Crippen molar-refractivity contribution in [2.45, 2.75) is 6.23 Å². The van der Waals surface area contributed by atoms with Crippen LogP contribution in [0.4, 0.5) is 0 Å². The van der Waals surface area contributed by atoms with E-state index in [-0.39, 0.29) is 31.0 Å². The van der Waals surface area contributed by atoms with Crippen molar-refractivity contribution in [3.05, 3.63) is 20.2 Å². The molecule has 0 rings (SSSR count). The van der Waals surface area contributed by atoms with Crippen LogP contribution in [0, 0.1) is 20.2 Å². The summed E-state index contributed by atoms with van der Waals surface area (Å²) in [7, 11) is 0. The molecule has 0 aromatic rings. The zero-order chi connectivity index (χ0) is 7.44. The van der Waals surface area contributed by atoms with Gasteiger partial charge < -0.3 is 6.53 Å². The van der Waals surface area contributed by atoms with Crippen molar-refractivity contribution in [1.29, 1.82) is 0 Å². The normalized spacial score (nSPS) is 11.3. The standard InChI is InChI=1S/C2H4N2O5.Na.H/c5-2(4(8)9)1-3(6)7;;/h2,5H,1H2;;/q;+1;-1. The minimum Gasteiger partial charge on any atom is -1.00 e. The van der Waals surface area contributed by atoms with Crippen LogP contribution < -0.4 is 29.6 Å². The van der Waals surface area contributed by atoms with Crippen molar-refractivity contribution in [3.63, 3.8) is 0 Å². The largest absolute Gasteiger partial charge is 1.00 e. The number of hydrogen-bond donors (Lipinski definition) is 1. The van der Waals surface area contributed by atoms with Gasteiger partial charge in [0.05, 0.1) is 4.92 Å². The molecular weight excluding hydrogens is 155 g/mol. The van der Waals surface area contributed by atoms with Crippen LogP contribution in [0.3, 0.4) is 0 Å². The Kier molecular flexibility index (Phi) is 6.89. The topological polar surface area (TPSA) is 107 Å². The molecule has 0 saturated heterocycles. The average molecular weight is 160 g/mol. The number of aliphatic hydroxyl groups excluding tert-OH is 1. The van der Waals surface area contributed by atoms with Gasteiger partial charge >= 0.3 is 35.8 Å². The summed E-state index contributed by atoms with van der Waals surface area (Å²) in [4.78, 5) is 16.9. The van der Waals surface area contributed by atoms with Crippen molar-refractivity contribution >= 4 is 0 Å². The van der Waals surface area contributed by atoms with Crippen LogP contribution in [0.2, 0.25) is 0 Å². The summed E-state index contributed by atoms with van der Waals surface area (Å²) in [6.07, 6.45) is -2.08. The van der Waals surface area contributed by atoms with E-state index in [1.165, 1.54) is 0 Å². The molecule has 1 atom stereocenters. The molecule has 0 radical (unpaired) electrons. The zero-order valence-electron chi connectivity index (χ0n) is 6.26. The minimum absolute atomic E-state index is 0. The van der Waals surface area contributed by atoms with E-state index >= 15 is 0 Å². The first-order valence-electron chi connectivity index (χ1n) is 1.97. The Morgan fingerprint density at radius 3 is 2.00 bits per heavy atom. The smallest absolute Gasteiger partial charge is 1.00 e. The van der Waals surface area contributed by atoms with Crippen LogP contribution in [0.1, 0.15) is 1.43 Å². The summed E-state index contributed by atoms with van der Waals surface area (Å²) in [5.41, 5.74) is 0. The molecule has 0 heterocycles. The van der Waals surface area contributed by atoms with Gasteiger partial charge in [-0.2, -0.15) is 0 Å². The Morgan fingerprint density at radius 1 is 1.50 bits per heavy atom. The predicted molar refractivity (Wildman–Crippen MR) is 26.0 cm³/mol. The molecule has 10 heavy (non-hydrogen) atoms. The molecule has 0 aromatic carbocycles. The van der Waals surface area contributed by atoms with Crippen molar-refractivity contribution in [1.82, 2.24) is 0 Å². The molecule has 0 aliphatic heterocycles. The molecule has 0 spiro atoms. The van der Waals surface area contributed by atoms with Gasteiger partial charge in [-0.1, -0.05) is 0 Å². The van der Waals surface area contributed by atoms with E-state index in [0.29, 0.717) is 0 Å². The molecule has 0 saturated carbocycles. The molecule has 0 aromatic heterocycles. The molecule has 1 unspecified atom stereocenters. The van der Waals surface area contributed by atoms with Gasteiger partial charge in [-0.25, -0.2) is 0 Å². The summed E-state index contributed by atoms with van der Waals surface area (Å²) in [5, 5.41) is 27.1. The van der Waals surface area contributed by atoms with E-state index in [4.69, 9.17) is 5.11 Å². The van der Waals surface area contributed by atoms with Crippen molar-refractivity contribution in [2.75, 3.05) is 6.54 Å². The van der Waals surface area contributed by atoms with E-state index in [9.17, 15) is 20.2 Å². The van der Waals surface area contributed by atoms with Crippen LogP contribution in [0.5, 0.6) is 0 Å². The quantitative estimate of drug-likeness (QED) is 0.196. The molecule has 1 N–H and O–H groups in total. The number of nitro groups is 2. The van der Waals surface area contributed by atoms with Crippen LogP contribution in [0.15, 0.2) is 0 Å². The zero-order valence-corrected chi connectivity index (χ0v) is 7.26. The minimum atomic E-state index is -2.08. The van der Waals surface area contributed by atoms with Crippen molar-refractivity contribution in [2.24, 2.45) is 0 Å². The second-order valence-electron chi connectivity index (χ2n) is 1.28. The van der Waals surface area contributed by atoms with Crippen molar-refractivity contribution < 1.29 is 45.9 Å².